The Labute approximate surface area is 223 Å². The minimum atomic E-state index is -3.39. The van der Waals surface area contributed by atoms with Gasteiger partial charge in [-0.1, -0.05) is 96.0 Å². The summed E-state index contributed by atoms with van der Waals surface area (Å²) < 4.78 is 26.6. The van der Waals surface area contributed by atoms with Crippen LogP contribution in [-0.2, 0) is 27.1 Å². The zero-order chi connectivity index (χ0) is 26.0. The molecule has 36 heavy (non-hydrogen) atoms. The second-order valence-electron chi connectivity index (χ2n) is 8.11. The summed E-state index contributed by atoms with van der Waals surface area (Å²) in [4.78, 5) is 0. The van der Waals surface area contributed by atoms with Crippen LogP contribution in [0.2, 0.25) is 10.0 Å². The first-order valence-corrected chi connectivity index (χ1v) is 14.0. The van der Waals surface area contributed by atoms with E-state index in [2.05, 4.69) is 0 Å². The van der Waals surface area contributed by atoms with Crippen molar-refractivity contribution in [1.29, 1.82) is 0 Å². The minimum absolute atomic E-state index is 0.134. The third kappa shape index (κ3) is 8.77. The van der Waals surface area contributed by atoms with Crippen molar-refractivity contribution in [1.82, 2.24) is 0 Å². The SMILES string of the molecule is CS(=O)(=O)OCCc1ccc(Cl)c(-c2ccccc2)c1.OCCc1ccc(Cl)c(-c2ccccc2)c1. The number of rotatable bonds is 8. The fourth-order valence-electron chi connectivity index (χ4n) is 3.57. The Balaban J connectivity index is 0.000000205. The molecule has 0 saturated carbocycles. The lowest BCUT2D eigenvalue weighted by Gasteiger charge is -2.08. The van der Waals surface area contributed by atoms with E-state index in [1.54, 1.807) is 0 Å². The molecular weight excluding hydrogens is 515 g/mol. The maximum Gasteiger partial charge on any atom is 0.264 e. The number of aliphatic hydroxyl groups is 1. The molecule has 0 spiro atoms. The van der Waals surface area contributed by atoms with Crippen LogP contribution < -0.4 is 0 Å². The van der Waals surface area contributed by atoms with Crippen LogP contribution in [0.4, 0.5) is 0 Å². The van der Waals surface area contributed by atoms with E-state index in [9.17, 15) is 8.42 Å². The number of aliphatic hydroxyl groups excluding tert-OH is 1. The standard InChI is InChI=1S/C15H15ClO3S.C14H13ClO/c1-20(17,18)19-10-9-12-7-8-15(16)14(11-12)13-5-3-2-4-6-13;15-14-7-6-11(8-9-16)10-13(14)12-4-2-1-3-5-12/h2-8,11H,9-10H2,1H3;1-7,10,16H,8-9H2. The van der Waals surface area contributed by atoms with E-state index in [1.165, 1.54) is 0 Å². The number of halogens is 2. The normalized spacial score (nSPS) is 11.0. The average molecular weight is 544 g/mol. The Bertz CT molecular complexity index is 1360. The molecule has 0 aliphatic heterocycles. The summed E-state index contributed by atoms with van der Waals surface area (Å²) in [6.45, 7) is 0.296. The molecule has 4 nitrogen and oxygen atoms in total. The van der Waals surface area contributed by atoms with Crippen molar-refractivity contribution < 1.29 is 17.7 Å². The molecule has 0 heterocycles. The molecule has 0 aliphatic carbocycles. The Morgan fingerprint density at radius 2 is 1.14 bits per heavy atom. The van der Waals surface area contributed by atoms with Crippen LogP contribution >= 0.6 is 23.2 Å². The topological polar surface area (TPSA) is 63.6 Å². The highest BCUT2D eigenvalue weighted by molar-refractivity contribution is 7.85. The van der Waals surface area contributed by atoms with Crippen LogP contribution in [0, 0.1) is 0 Å². The monoisotopic (exact) mass is 542 g/mol. The summed E-state index contributed by atoms with van der Waals surface area (Å²) in [6, 6.07) is 31.4. The van der Waals surface area contributed by atoms with Crippen molar-refractivity contribution in [3.05, 3.63) is 118 Å². The van der Waals surface area contributed by atoms with E-state index in [0.29, 0.717) is 17.9 Å². The van der Waals surface area contributed by atoms with E-state index < -0.39 is 10.1 Å². The van der Waals surface area contributed by atoms with Gasteiger partial charge < -0.3 is 5.11 Å². The van der Waals surface area contributed by atoms with Crippen molar-refractivity contribution in [2.45, 2.75) is 12.8 Å². The van der Waals surface area contributed by atoms with Crippen LogP contribution in [0.3, 0.4) is 0 Å². The van der Waals surface area contributed by atoms with Gasteiger partial charge in [-0.15, -0.1) is 0 Å². The first-order chi connectivity index (χ1) is 17.3. The fourth-order valence-corrected chi connectivity index (χ4v) is 4.41. The molecule has 188 valence electrons. The molecule has 4 aromatic rings. The second-order valence-corrected chi connectivity index (χ2v) is 10.6. The van der Waals surface area contributed by atoms with Crippen molar-refractivity contribution in [2.75, 3.05) is 19.5 Å². The highest BCUT2D eigenvalue weighted by Gasteiger charge is 2.07. The smallest absolute Gasteiger partial charge is 0.264 e. The lowest BCUT2D eigenvalue weighted by Crippen LogP contribution is -2.06. The van der Waals surface area contributed by atoms with Gasteiger partial charge in [-0.05, 0) is 59.4 Å². The molecule has 1 N–H and O–H groups in total. The van der Waals surface area contributed by atoms with Gasteiger partial charge in [0.05, 0.1) is 12.9 Å². The summed E-state index contributed by atoms with van der Waals surface area (Å²) in [5.41, 5.74) is 6.18. The van der Waals surface area contributed by atoms with Gasteiger partial charge in [0.1, 0.15) is 0 Å². The third-order valence-electron chi connectivity index (χ3n) is 5.32. The van der Waals surface area contributed by atoms with E-state index in [-0.39, 0.29) is 13.2 Å². The quantitative estimate of drug-likeness (QED) is 0.242. The fraction of sp³-hybridized carbons (Fsp3) is 0.172. The van der Waals surface area contributed by atoms with Gasteiger partial charge in [-0.2, -0.15) is 8.42 Å². The Morgan fingerprint density at radius 1 is 0.694 bits per heavy atom. The van der Waals surface area contributed by atoms with Gasteiger partial charge in [-0.3, -0.25) is 4.18 Å². The van der Waals surface area contributed by atoms with E-state index in [0.717, 1.165) is 44.7 Å². The second kappa shape index (κ2) is 13.6. The molecule has 0 atom stereocenters. The Kier molecular flexibility index (Phi) is 10.5. The molecule has 0 amide bonds. The average Bonchev–Trinajstić information content (AvgIpc) is 2.87. The van der Waals surface area contributed by atoms with Gasteiger partial charge in [0.25, 0.3) is 10.1 Å². The van der Waals surface area contributed by atoms with Gasteiger partial charge >= 0.3 is 0 Å². The number of hydrogen-bond acceptors (Lipinski definition) is 4. The summed E-state index contributed by atoms with van der Waals surface area (Å²) in [7, 11) is -3.39. The number of hydrogen-bond donors (Lipinski definition) is 1. The summed E-state index contributed by atoms with van der Waals surface area (Å²) in [5, 5.41) is 10.3. The first-order valence-electron chi connectivity index (χ1n) is 11.4. The van der Waals surface area contributed by atoms with Crippen molar-refractivity contribution in [3.8, 4) is 22.3 Å². The molecule has 0 radical (unpaired) electrons. The molecular formula is C29H28Cl2O4S. The highest BCUT2D eigenvalue weighted by atomic mass is 35.5. The lowest BCUT2D eigenvalue weighted by molar-refractivity contribution is 0.299. The van der Waals surface area contributed by atoms with Crippen molar-refractivity contribution in [3.63, 3.8) is 0 Å². The molecule has 0 saturated heterocycles. The largest absolute Gasteiger partial charge is 0.396 e. The van der Waals surface area contributed by atoms with Crippen LogP contribution in [0.1, 0.15) is 11.1 Å². The van der Waals surface area contributed by atoms with Crippen LogP contribution in [0.5, 0.6) is 0 Å². The van der Waals surface area contributed by atoms with E-state index in [1.807, 2.05) is 97.1 Å². The molecule has 0 fully saturated rings. The van der Waals surface area contributed by atoms with E-state index in [4.69, 9.17) is 32.5 Å². The van der Waals surface area contributed by atoms with E-state index >= 15 is 0 Å². The first kappa shape index (κ1) is 27.9. The molecule has 0 aromatic heterocycles. The summed E-state index contributed by atoms with van der Waals surface area (Å²) in [6.07, 6.45) is 2.23. The highest BCUT2D eigenvalue weighted by Crippen LogP contribution is 2.30. The van der Waals surface area contributed by atoms with Gasteiger partial charge in [0.2, 0.25) is 0 Å². The van der Waals surface area contributed by atoms with Crippen molar-refractivity contribution >= 4 is 33.3 Å². The summed E-state index contributed by atoms with van der Waals surface area (Å²) in [5.74, 6) is 0. The predicted octanol–water partition coefficient (Wildman–Crippen LogP) is 7.07. The predicted molar refractivity (Wildman–Crippen MR) is 149 cm³/mol. The molecule has 4 rings (SSSR count). The maximum atomic E-state index is 10.9. The molecule has 0 bridgehead atoms. The molecule has 7 heteroatoms. The zero-order valence-corrected chi connectivity index (χ0v) is 22.2. The summed E-state index contributed by atoms with van der Waals surface area (Å²) >= 11 is 12.4. The third-order valence-corrected chi connectivity index (χ3v) is 6.57. The van der Waals surface area contributed by atoms with Gasteiger partial charge in [-0.25, -0.2) is 0 Å². The van der Waals surface area contributed by atoms with Crippen molar-refractivity contribution in [2.24, 2.45) is 0 Å². The minimum Gasteiger partial charge on any atom is -0.396 e. The van der Waals surface area contributed by atoms with Gasteiger partial charge in [0, 0.05) is 27.8 Å². The molecule has 0 aliphatic rings. The van der Waals surface area contributed by atoms with Crippen LogP contribution in [-0.4, -0.2) is 33.0 Å². The zero-order valence-electron chi connectivity index (χ0n) is 19.9. The molecule has 0 unspecified atom stereocenters. The number of benzene rings is 4. The maximum absolute atomic E-state index is 10.9. The van der Waals surface area contributed by atoms with Gasteiger partial charge in [0.15, 0.2) is 0 Å². The van der Waals surface area contributed by atoms with Crippen LogP contribution in [0.15, 0.2) is 97.1 Å². The van der Waals surface area contributed by atoms with Crippen LogP contribution in [0.25, 0.3) is 22.3 Å². The Hall–Kier alpha value is -2.67. The Morgan fingerprint density at radius 3 is 1.56 bits per heavy atom. The lowest BCUT2D eigenvalue weighted by atomic mass is 10.0. The molecule has 4 aromatic carbocycles.